The molecule has 0 aliphatic carbocycles. The van der Waals surface area contributed by atoms with E-state index in [2.05, 4.69) is 5.32 Å². The summed E-state index contributed by atoms with van der Waals surface area (Å²) in [5, 5.41) is 13.6. The van der Waals surface area contributed by atoms with Crippen molar-refractivity contribution < 1.29 is 14.4 Å². The molecule has 1 heterocycles. The molecule has 0 radical (unpaired) electrons. The van der Waals surface area contributed by atoms with Crippen molar-refractivity contribution in [2.45, 2.75) is 25.7 Å². The fourth-order valence-electron chi connectivity index (χ4n) is 0.904. The molecule has 1 fully saturated rings. The summed E-state index contributed by atoms with van der Waals surface area (Å²) < 4.78 is 0. The maximum atomic E-state index is 10.6. The lowest BCUT2D eigenvalue weighted by atomic mass is 10.2. The molecule has 1 saturated heterocycles. The van der Waals surface area contributed by atoms with Gasteiger partial charge in [0, 0.05) is 13.0 Å². The van der Waals surface area contributed by atoms with Crippen molar-refractivity contribution >= 4 is 18.1 Å². The van der Waals surface area contributed by atoms with E-state index in [-0.39, 0.29) is 5.91 Å². The largest absolute Gasteiger partial charge is 0.356 e. The molecule has 1 amide bonds. The molecule has 0 spiro atoms. The Morgan fingerprint density at radius 3 is 2.07 bits per heavy atom. The first-order valence-electron chi connectivity index (χ1n) is 4.07. The highest BCUT2D eigenvalue weighted by Gasteiger charge is 2.03. The van der Waals surface area contributed by atoms with Gasteiger partial charge in [-0.1, -0.05) is 6.42 Å². The second-order valence-corrected chi connectivity index (χ2v) is 2.36. The van der Waals surface area contributed by atoms with Crippen LogP contribution in [0.4, 0.5) is 0 Å². The first kappa shape index (κ1) is 14.7. The van der Waals surface area contributed by atoms with Gasteiger partial charge in [-0.3, -0.25) is 4.79 Å². The summed E-state index contributed by atoms with van der Waals surface area (Å²) in [7, 11) is 0. The van der Waals surface area contributed by atoms with Crippen molar-refractivity contribution in [1.82, 2.24) is 5.32 Å². The molecule has 14 heavy (non-hydrogen) atoms. The molecule has 1 rings (SSSR count). The first-order chi connectivity index (χ1) is 6.72. The van der Waals surface area contributed by atoms with Gasteiger partial charge < -0.3 is 5.32 Å². The standard InChI is InChI=1S/C6H11NO.2CHNO/c8-6-4-2-1-3-5-7-6;2*2-1-3/h1-5H2,(H,7,8);2*2H. The normalized spacial score (nSPS) is 13.6. The maximum absolute atomic E-state index is 10.6. The first-order valence-corrected chi connectivity index (χ1v) is 4.07. The zero-order valence-electron chi connectivity index (χ0n) is 7.76. The summed E-state index contributed by atoms with van der Waals surface area (Å²) in [6, 6.07) is 0. The molecule has 0 aromatic carbocycles. The van der Waals surface area contributed by atoms with Crippen molar-refractivity contribution in [1.29, 1.82) is 10.8 Å². The fraction of sp³-hybridized carbons (Fsp3) is 0.625. The van der Waals surface area contributed by atoms with Gasteiger partial charge in [0.05, 0.1) is 0 Å². The Balaban J connectivity index is 0. The Morgan fingerprint density at radius 1 is 1.07 bits per heavy atom. The minimum atomic E-state index is 0.225. The third-order valence-electron chi connectivity index (χ3n) is 1.40. The summed E-state index contributed by atoms with van der Waals surface area (Å²) in [6.07, 6.45) is 5.68. The van der Waals surface area contributed by atoms with Crippen LogP contribution < -0.4 is 5.32 Å². The second kappa shape index (κ2) is 13.8. The highest BCUT2D eigenvalue weighted by molar-refractivity contribution is 5.75. The van der Waals surface area contributed by atoms with Gasteiger partial charge in [-0.15, -0.1) is 0 Å². The van der Waals surface area contributed by atoms with Crippen molar-refractivity contribution in [2.24, 2.45) is 0 Å². The molecule has 1 aliphatic rings. The van der Waals surface area contributed by atoms with Crippen LogP contribution in [0.25, 0.3) is 0 Å². The van der Waals surface area contributed by atoms with Crippen LogP contribution in [0, 0.1) is 10.8 Å². The van der Waals surface area contributed by atoms with E-state index < -0.39 is 0 Å². The van der Waals surface area contributed by atoms with E-state index in [4.69, 9.17) is 20.4 Å². The summed E-state index contributed by atoms with van der Waals surface area (Å²) >= 11 is 0. The number of carbonyl (C=O) groups excluding carboxylic acids is 3. The van der Waals surface area contributed by atoms with Crippen LogP contribution in [0.1, 0.15) is 25.7 Å². The molecule has 0 atom stereocenters. The number of rotatable bonds is 0. The van der Waals surface area contributed by atoms with Gasteiger partial charge >= 0.3 is 0 Å². The van der Waals surface area contributed by atoms with E-state index in [1.165, 1.54) is 6.42 Å². The average molecular weight is 199 g/mol. The van der Waals surface area contributed by atoms with Crippen LogP contribution >= 0.6 is 0 Å². The second-order valence-electron chi connectivity index (χ2n) is 2.36. The van der Waals surface area contributed by atoms with Crippen LogP contribution in [0.3, 0.4) is 0 Å². The van der Waals surface area contributed by atoms with Gasteiger partial charge in [0.25, 0.3) is 0 Å². The number of nitrogens with one attached hydrogen (secondary N) is 3. The maximum Gasteiger partial charge on any atom is 0.231 e. The molecular weight excluding hydrogens is 186 g/mol. The molecule has 3 N–H and O–H groups in total. The monoisotopic (exact) mass is 199 g/mol. The SMILES string of the molecule is N=C=O.N=C=O.O=C1CCCCCN1. The Bertz CT molecular complexity index is 194. The van der Waals surface area contributed by atoms with E-state index >= 15 is 0 Å². The molecule has 1 aliphatic heterocycles. The average Bonchev–Trinajstić information content (AvgIpc) is 2.35. The molecule has 6 heteroatoms. The Hall–Kier alpha value is -1.77. The van der Waals surface area contributed by atoms with Crippen molar-refractivity contribution in [3.8, 4) is 0 Å². The van der Waals surface area contributed by atoms with E-state index in [1.807, 2.05) is 0 Å². The zero-order chi connectivity index (χ0) is 11.2. The Labute approximate surface area is 81.7 Å². The van der Waals surface area contributed by atoms with Crippen LogP contribution in [0.2, 0.25) is 0 Å². The molecule has 0 bridgehead atoms. The van der Waals surface area contributed by atoms with Crippen LogP contribution in [-0.2, 0) is 14.4 Å². The smallest absolute Gasteiger partial charge is 0.231 e. The lowest BCUT2D eigenvalue weighted by molar-refractivity contribution is -0.120. The van der Waals surface area contributed by atoms with Crippen LogP contribution in [0.5, 0.6) is 0 Å². The van der Waals surface area contributed by atoms with Gasteiger partial charge in [0.1, 0.15) is 0 Å². The highest BCUT2D eigenvalue weighted by atomic mass is 16.1. The lowest BCUT2D eigenvalue weighted by Gasteiger charge is -1.93. The number of amides is 1. The third kappa shape index (κ3) is 16.7. The Kier molecular flexibility index (Phi) is 14.5. The molecule has 6 nitrogen and oxygen atoms in total. The predicted molar refractivity (Wildman–Crippen MR) is 48.3 cm³/mol. The molecule has 0 saturated carbocycles. The van der Waals surface area contributed by atoms with Gasteiger partial charge in [0.2, 0.25) is 18.1 Å². The molecular formula is C8H13N3O3. The predicted octanol–water partition coefficient (Wildman–Crippen LogP) is 0.479. The minimum absolute atomic E-state index is 0.225. The van der Waals surface area contributed by atoms with E-state index in [9.17, 15) is 4.79 Å². The highest BCUT2D eigenvalue weighted by Crippen LogP contribution is 2.02. The topological polar surface area (TPSA) is 111 Å². The van der Waals surface area contributed by atoms with E-state index in [0.29, 0.717) is 0 Å². The molecule has 78 valence electrons. The zero-order valence-corrected chi connectivity index (χ0v) is 7.76. The summed E-state index contributed by atoms with van der Waals surface area (Å²) in [5.41, 5.74) is 0. The van der Waals surface area contributed by atoms with E-state index in [1.54, 1.807) is 0 Å². The van der Waals surface area contributed by atoms with Crippen molar-refractivity contribution in [3.63, 3.8) is 0 Å². The lowest BCUT2D eigenvalue weighted by Crippen LogP contribution is -2.21. The molecule has 0 aromatic heterocycles. The quantitative estimate of drug-likeness (QED) is 0.389. The van der Waals surface area contributed by atoms with Gasteiger partial charge in [-0.05, 0) is 12.8 Å². The van der Waals surface area contributed by atoms with Crippen molar-refractivity contribution in [2.75, 3.05) is 6.54 Å². The third-order valence-corrected chi connectivity index (χ3v) is 1.40. The number of isocyanates is 2. The number of hydrogen-bond donors (Lipinski definition) is 3. The minimum Gasteiger partial charge on any atom is -0.356 e. The van der Waals surface area contributed by atoms with Crippen LogP contribution in [-0.4, -0.2) is 24.6 Å². The van der Waals surface area contributed by atoms with Gasteiger partial charge in [-0.2, -0.15) is 0 Å². The number of carbonyl (C=O) groups is 1. The fourth-order valence-corrected chi connectivity index (χ4v) is 0.904. The summed E-state index contributed by atoms with van der Waals surface area (Å²) in [5.74, 6) is 0.225. The van der Waals surface area contributed by atoms with Gasteiger partial charge in [0.15, 0.2) is 0 Å². The number of hydrogen-bond acceptors (Lipinski definition) is 5. The van der Waals surface area contributed by atoms with Gasteiger partial charge in [-0.25, -0.2) is 20.4 Å². The Morgan fingerprint density at radius 2 is 1.57 bits per heavy atom. The summed E-state index contributed by atoms with van der Waals surface area (Å²) in [4.78, 5) is 27.3. The van der Waals surface area contributed by atoms with Crippen LogP contribution in [0.15, 0.2) is 0 Å². The van der Waals surface area contributed by atoms with Crippen molar-refractivity contribution in [3.05, 3.63) is 0 Å². The van der Waals surface area contributed by atoms with E-state index in [0.717, 1.165) is 38.0 Å². The molecule has 0 unspecified atom stereocenters. The molecule has 0 aromatic rings. The summed E-state index contributed by atoms with van der Waals surface area (Å²) in [6.45, 7) is 0.888.